The van der Waals surface area contributed by atoms with Crippen molar-refractivity contribution in [1.82, 2.24) is 10.9 Å². The van der Waals surface area contributed by atoms with Gasteiger partial charge in [-0.3, -0.25) is 20.4 Å². The van der Waals surface area contributed by atoms with Crippen LogP contribution in [0.25, 0.3) is 5.70 Å². The SMILES string of the molecule is NC(=O)C(=O)NNC1=CCc2ccccc21. The summed E-state index contributed by atoms with van der Waals surface area (Å²) in [5.74, 6) is -1.87. The van der Waals surface area contributed by atoms with E-state index < -0.39 is 11.8 Å². The first kappa shape index (κ1) is 10.2. The molecular formula is C11H11N3O2. The van der Waals surface area contributed by atoms with E-state index in [4.69, 9.17) is 5.73 Å². The highest BCUT2D eigenvalue weighted by atomic mass is 16.2. The van der Waals surface area contributed by atoms with Crippen LogP contribution in [-0.4, -0.2) is 11.8 Å². The minimum absolute atomic E-state index is 0.783. The summed E-state index contributed by atoms with van der Waals surface area (Å²) in [5.41, 5.74) is 12.7. The quantitative estimate of drug-likeness (QED) is 0.469. The standard InChI is InChI=1S/C11H11N3O2/c12-10(15)11(16)14-13-9-6-5-7-3-1-2-4-8(7)9/h1-4,6,13H,5H2,(H2,12,15)(H,14,16). The molecular weight excluding hydrogens is 206 g/mol. The Morgan fingerprint density at radius 1 is 1.25 bits per heavy atom. The maximum atomic E-state index is 10.9. The molecule has 0 radical (unpaired) electrons. The Balaban J connectivity index is 2.04. The van der Waals surface area contributed by atoms with Gasteiger partial charge < -0.3 is 5.73 Å². The maximum absolute atomic E-state index is 10.9. The van der Waals surface area contributed by atoms with E-state index in [0.717, 1.165) is 17.7 Å². The largest absolute Gasteiger partial charge is 0.361 e. The van der Waals surface area contributed by atoms with Crippen molar-refractivity contribution >= 4 is 17.5 Å². The fourth-order valence-corrected chi connectivity index (χ4v) is 1.59. The number of benzene rings is 1. The monoisotopic (exact) mass is 217 g/mol. The number of fused-ring (bicyclic) bond motifs is 1. The van der Waals surface area contributed by atoms with Gasteiger partial charge in [0.25, 0.3) is 0 Å². The number of allylic oxidation sites excluding steroid dienone is 1. The van der Waals surface area contributed by atoms with Crippen LogP contribution in [0, 0.1) is 0 Å². The molecule has 0 saturated carbocycles. The third-order valence-corrected chi connectivity index (χ3v) is 2.37. The van der Waals surface area contributed by atoms with Crippen molar-refractivity contribution in [2.45, 2.75) is 6.42 Å². The smallest absolute Gasteiger partial charge is 0.327 e. The van der Waals surface area contributed by atoms with Gasteiger partial charge in [0.2, 0.25) is 0 Å². The number of nitrogens with two attached hydrogens (primary N) is 1. The molecule has 0 heterocycles. The van der Waals surface area contributed by atoms with Gasteiger partial charge in [-0.25, -0.2) is 0 Å². The number of carbonyl (C=O) groups is 2. The summed E-state index contributed by atoms with van der Waals surface area (Å²) in [6.45, 7) is 0. The van der Waals surface area contributed by atoms with Crippen LogP contribution < -0.4 is 16.6 Å². The summed E-state index contributed by atoms with van der Waals surface area (Å²) in [5, 5.41) is 0. The first-order valence-corrected chi connectivity index (χ1v) is 4.82. The number of carbonyl (C=O) groups excluding carboxylic acids is 2. The molecule has 0 fully saturated rings. The number of rotatable bonds is 2. The molecule has 0 atom stereocenters. The zero-order valence-corrected chi connectivity index (χ0v) is 8.49. The molecule has 1 aliphatic rings. The number of amides is 2. The predicted molar refractivity (Wildman–Crippen MR) is 58.6 cm³/mol. The van der Waals surface area contributed by atoms with Crippen LogP contribution in [0.5, 0.6) is 0 Å². The number of hydrogen-bond acceptors (Lipinski definition) is 3. The Kier molecular flexibility index (Phi) is 2.59. The second-order valence-electron chi connectivity index (χ2n) is 3.42. The Bertz CT molecular complexity index is 480. The highest BCUT2D eigenvalue weighted by Crippen LogP contribution is 2.24. The molecule has 0 saturated heterocycles. The van der Waals surface area contributed by atoms with Crippen LogP contribution in [0.3, 0.4) is 0 Å². The van der Waals surface area contributed by atoms with E-state index in [2.05, 4.69) is 10.9 Å². The van der Waals surface area contributed by atoms with Crippen molar-refractivity contribution in [3.05, 3.63) is 41.5 Å². The summed E-state index contributed by atoms with van der Waals surface area (Å²) in [6.07, 6.45) is 2.75. The number of hydrogen-bond donors (Lipinski definition) is 3. The zero-order chi connectivity index (χ0) is 11.5. The van der Waals surface area contributed by atoms with Gasteiger partial charge in [0.15, 0.2) is 0 Å². The van der Waals surface area contributed by atoms with Crippen molar-refractivity contribution in [3.63, 3.8) is 0 Å². The van der Waals surface area contributed by atoms with E-state index in [1.165, 1.54) is 5.56 Å². The normalized spacial score (nSPS) is 12.6. The van der Waals surface area contributed by atoms with Crippen LogP contribution >= 0.6 is 0 Å². The van der Waals surface area contributed by atoms with Crippen molar-refractivity contribution in [2.24, 2.45) is 5.73 Å². The highest BCUT2D eigenvalue weighted by Gasteiger charge is 2.14. The van der Waals surface area contributed by atoms with Crippen molar-refractivity contribution in [1.29, 1.82) is 0 Å². The lowest BCUT2D eigenvalue weighted by Gasteiger charge is -2.09. The second-order valence-corrected chi connectivity index (χ2v) is 3.42. The van der Waals surface area contributed by atoms with E-state index in [9.17, 15) is 9.59 Å². The van der Waals surface area contributed by atoms with Gasteiger partial charge in [-0.1, -0.05) is 30.3 Å². The molecule has 1 aliphatic carbocycles. The second kappa shape index (κ2) is 4.06. The lowest BCUT2D eigenvalue weighted by molar-refractivity contribution is -0.137. The molecule has 1 aromatic rings. The summed E-state index contributed by atoms with van der Waals surface area (Å²) >= 11 is 0. The Morgan fingerprint density at radius 3 is 2.75 bits per heavy atom. The van der Waals surface area contributed by atoms with Crippen LogP contribution in [0.4, 0.5) is 0 Å². The minimum atomic E-state index is -1.01. The average Bonchev–Trinajstić information content (AvgIpc) is 2.69. The average molecular weight is 217 g/mol. The van der Waals surface area contributed by atoms with Crippen LogP contribution in [0.15, 0.2) is 30.3 Å². The molecule has 0 bridgehead atoms. The molecule has 4 N–H and O–H groups in total. The Hall–Kier alpha value is -2.30. The fraction of sp³-hybridized carbons (Fsp3) is 0.0909. The third kappa shape index (κ3) is 1.88. The molecule has 5 nitrogen and oxygen atoms in total. The van der Waals surface area contributed by atoms with Gasteiger partial charge in [0.1, 0.15) is 0 Å². The van der Waals surface area contributed by atoms with Gasteiger partial charge in [-0.05, 0) is 12.0 Å². The van der Waals surface area contributed by atoms with E-state index in [-0.39, 0.29) is 0 Å². The molecule has 1 aromatic carbocycles. The van der Waals surface area contributed by atoms with E-state index in [1.807, 2.05) is 30.3 Å². The first-order valence-electron chi connectivity index (χ1n) is 4.82. The Labute approximate surface area is 92.3 Å². The van der Waals surface area contributed by atoms with Crippen LogP contribution in [0.2, 0.25) is 0 Å². The molecule has 0 spiro atoms. The van der Waals surface area contributed by atoms with Gasteiger partial charge in [0.05, 0.1) is 5.70 Å². The minimum Gasteiger partial charge on any atom is -0.361 e. The lowest BCUT2D eigenvalue weighted by atomic mass is 10.1. The van der Waals surface area contributed by atoms with Gasteiger partial charge in [-0.15, -0.1) is 0 Å². The topological polar surface area (TPSA) is 84.2 Å². The zero-order valence-electron chi connectivity index (χ0n) is 8.49. The number of primary amides is 1. The molecule has 5 heteroatoms. The third-order valence-electron chi connectivity index (χ3n) is 2.37. The van der Waals surface area contributed by atoms with Gasteiger partial charge in [0, 0.05) is 5.56 Å². The van der Waals surface area contributed by atoms with Crippen molar-refractivity contribution < 1.29 is 9.59 Å². The van der Waals surface area contributed by atoms with Gasteiger partial charge in [-0.2, -0.15) is 0 Å². The molecule has 2 amide bonds. The molecule has 2 rings (SSSR count). The lowest BCUT2D eigenvalue weighted by Crippen LogP contribution is -2.43. The summed E-state index contributed by atoms with van der Waals surface area (Å²) < 4.78 is 0. The van der Waals surface area contributed by atoms with E-state index in [0.29, 0.717) is 0 Å². The molecule has 0 unspecified atom stereocenters. The summed E-state index contributed by atoms with van der Waals surface area (Å²) in [7, 11) is 0. The maximum Gasteiger partial charge on any atom is 0.327 e. The van der Waals surface area contributed by atoms with Crippen molar-refractivity contribution in [2.75, 3.05) is 0 Å². The van der Waals surface area contributed by atoms with E-state index in [1.54, 1.807) is 0 Å². The fourth-order valence-electron chi connectivity index (χ4n) is 1.59. The molecule has 0 aromatic heterocycles. The Morgan fingerprint density at radius 2 is 2.00 bits per heavy atom. The number of hydrazine groups is 1. The molecule has 0 aliphatic heterocycles. The molecule has 16 heavy (non-hydrogen) atoms. The van der Waals surface area contributed by atoms with Crippen LogP contribution in [0.1, 0.15) is 11.1 Å². The number of nitrogens with one attached hydrogen (secondary N) is 2. The van der Waals surface area contributed by atoms with E-state index >= 15 is 0 Å². The van der Waals surface area contributed by atoms with Crippen molar-refractivity contribution in [3.8, 4) is 0 Å². The summed E-state index contributed by atoms with van der Waals surface area (Å²) in [4.78, 5) is 21.4. The predicted octanol–water partition coefficient (Wildman–Crippen LogP) is -0.310. The van der Waals surface area contributed by atoms with Crippen LogP contribution in [-0.2, 0) is 16.0 Å². The summed E-state index contributed by atoms with van der Waals surface area (Å²) in [6, 6.07) is 7.82. The molecule has 82 valence electrons. The highest BCUT2D eigenvalue weighted by molar-refractivity contribution is 6.34. The van der Waals surface area contributed by atoms with Gasteiger partial charge >= 0.3 is 11.8 Å². The first-order chi connectivity index (χ1) is 7.68.